The van der Waals surface area contributed by atoms with Crippen molar-refractivity contribution in [2.45, 2.75) is 18.7 Å². The van der Waals surface area contributed by atoms with Crippen LogP contribution >= 0.6 is 27.3 Å². The van der Waals surface area contributed by atoms with Crippen molar-refractivity contribution in [2.75, 3.05) is 0 Å². The molecule has 0 spiro atoms. The molecule has 0 fully saturated rings. The van der Waals surface area contributed by atoms with Crippen LogP contribution in [0.2, 0.25) is 0 Å². The van der Waals surface area contributed by atoms with Crippen molar-refractivity contribution in [2.24, 2.45) is 0 Å². The Kier molecular flexibility index (Phi) is 3.37. The van der Waals surface area contributed by atoms with Gasteiger partial charge in [-0.2, -0.15) is 24.5 Å². The Balaban J connectivity index is 2.69. The monoisotopic (exact) mass is 274 g/mol. The minimum Gasteiger partial charge on any atom is -0.388 e. The lowest BCUT2D eigenvalue weighted by atomic mass is 10.1. The minimum absolute atomic E-state index is 0.294. The van der Waals surface area contributed by atoms with Crippen molar-refractivity contribution in [3.63, 3.8) is 0 Å². The highest BCUT2D eigenvalue weighted by molar-refractivity contribution is 9.10. The highest BCUT2D eigenvalue weighted by atomic mass is 79.9. The number of hydrogen-bond donors (Lipinski definition) is 1. The Bertz CT molecular complexity index is 284. The zero-order valence-corrected chi connectivity index (χ0v) is 8.71. The van der Waals surface area contributed by atoms with E-state index in [2.05, 4.69) is 15.9 Å². The molecule has 1 N–H and O–H groups in total. The van der Waals surface area contributed by atoms with Crippen LogP contribution in [0.3, 0.4) is 0 Å². The van der Waals surface area contributed by atoms with Crippen molar-refractivity contribution in [1.29, 1.82) is 0 Å². The molecule has 0 saturated heterocycles. The van der Waals surface area contributed by atoms with Gasteiger partial charge in [0.25, 0.3) is 0 Å². The van der Waals surface area contributed by atoms with Gasteiger partial charge >= 0.3 is 6.18 Å². The summed E-state index contributed by atoms with van der Waals surface area (Å²) in [5.74, 6) is 0. The van der Waals surface area contributed by atoms with E-state index in [1.54, 1.807) is 5.38 Å². The Morgan fingerprint density at radius 3 is 2.46 bits per heavy atom. The second-order valence-electron chi connectivity index (χ2n) is 2.51. The fraction of sp³-hybridized carbons (Fsp3) is 0.429. The van der Waals surface area contributed by atoms with Crippen molar-refractivity contribution in [3.05, 3.63) is 20.8 Å². The molecule has 1 rings (SSSR count). The number of aliphatic hydroxyl groups excluding tert-OH is 1. The minimum atomic E-state index is -4.33. The van der Waals surface area contributed by atoms with Crippen molar-refractivity contribution >= 4 is 27.3 Å². The Hall–Kier alpha value is -0.0700. The van der Waals surface area contributed by atoms with Gasteiger partial charge in [-0.15, -0.1) is 0 Å². The number of alkyl halides is 3. The zero-order chi connectivity index (χ0) is 10.1. The molecule has 13 heavy (non-hydrogen) atoms. The van der Waals surface area contributed by atoms with Crippen LogP contribution in [-0.4, -0.2) is 11.3 Å². The highest BCUT2D eigenvalue weighted by Crippen LogP contribution is 2.34. The van der Waals surface area contributed by atoms with Crippen LogP contribution in [0, 0.1) is 0 Å². The largest absolute Gasteiger partial charge is 0.391 e. The van der Waals surface area contributed by atoms with Gasteiger partial charge in [-0.25, -0.2) is 0 Å². The highest BCUT2D eigenvalue weighted by Gasteiger charge is 2.32. The molecule has 0 amide bonds. The molecule has 1 aromatic heterocycles. The lowest BCUT2D eigenvalue weighted by molar-refractivity contribution is -0.154. The normalized spacial score (nSPS) is 14.5. The topological polar surface area (TPSA) is 20.2 Å². The molecule has 1 aromatic rings. The Morgan fingerprint density at radius 2 is 2.08 bits per heavy atom. The first-order valence-corrected chi connectivity index (χ1v) is 5.10. The first-order chi connectivity index (χ1) is 5.90. The van der Waals surface area contributed by atoms with Gasteiger partial charge in [-0.05, 0) is 21.3 Å². The molecule has 0 bridgehead atoms. The number of hydrogen-bond acceptors (Lipinski definition) is 2. The first kappa shape index (κ1) is 11.0. The molecule has 1 heterocycles. The molecule has 1 unspecified atom stereocenters. The van der Waals surface area contributed by atoms with Crippen LogP contribution in [0.5, 0.6) is 0 Å². The smallest absolute Gasteiger partial charge is 0.388 e. The number of thiophene rings is 1. The van der Waals surface area contributed by atoms with Crippen molar-refractivity contribution in [3.8, 4) is 0 Å². The second-order valence-corrected chi connectivity index (χ2v) is 4.11. The van der Waals surface area contributed by atoms with Crippen LogP contribution in [0.25, 0.3) is 0 Å². The zero-order valence-electron chi connectivity index (χ0n) is 6.31. The van der Waals surface area contributed by atoms with Gasteiger partial charge in [0.15, 0.2) is 0 Å². The average molecular weight is 275 g/mol. The number of rotatable bonds is 2. The molecule has 1 atom stereocenters. The van der Waals surface area contributed by atoms with E-state index >= 15 is 0 Å². The van der Waals surface area contributed by atoms with Crippen molar-refractivity contribution < 1.29 is 18.3 Å². The lowest BCUT2D eigenvalue weighted by Gasteiger charge is -2.12. The third-order valence-electron chi connectivity index (χ3n) is 1.43. The van der Waals surface area contributed by atoms with E-state index in [0.29, 0.717) is 10.0 Å². The van der Waals surface area contributed by atoms with Gasteiger partial charge in [0.2, 0.25) is 0 Å². The number of halogens is 4. The van der Waals surface area contributed by atoms with Crippen molar-refractivity contribution in [1.82, 2.24) is 0 Å². The van der Waals surface area contributed by atoms with E-state index in [0.717, 1.165) is 0 Å². The summed E-state index contributed by atoms with van der Waals surface area (Å²) in [5.41, 5.74) is 0.294. The molecule has 0 aromatic carbocycles. The summed E-state index contributed by atoms with van der Waals surface area (Å²) in [4.78, 5) is 0. The second kappa shape index (κ2) is 3.98. The van der Waals surface area contributed by atoms with Gasteiger partial charge < -0.3 is 5.11 Å². The molecule has 0 radical (unpaired) electrons. The lowest BCUT2D eigenvalue weighted by Crippen LogP contribution is -2.13. The fourth-order valence-corrected chi connectivity index (χ4v) is 2.47. The maximum Gasteiger partial charge on any atom is 0.391 e. The molecule has 74 valence electrons. The maximum atomic E-state index is 11.9. The molecule has 0 aliphatic carbocycles. The standard InChI is InChI=1S/C7H6BrF3OS/c8-5-3-13-2-4(5)6(12)1-7(9,10)11/h2-3,6,12H,1H2. The predicted molar refractivity (Wildman–Crippen MR) is 47.7 cm³/mol. The summed E-state index contributed by atoms with van der Waals surface area (Å²) >= 11 is 4.30. The Labute approximate surface area is 85.3 Å². The third-order valence-corrected chi connectivity index (χ3v) is 3.18. The molecule has 0 saturated carbocycles. The SMILES string of the molecule is OC(CC(F)(F)F)c1cscc1Br. The average Bonchev–Trinajstić information content (AvgIpc) is 2.30. The van der Waals surface area contributed by atoms with Crippen LogP contribution in [0.15, 0.2) is 15.2 Å². The van der Waals surface area contributed by atoms with E-state index in [1.807, 2.05) is 0 Å². The van der Waals surface area contributed by atoms with Gasteiger partial charge in [0.05, 0.1) is 12.5 Å². The van der Waals surface area contributed by atoms with Crippen LogP contribution in [0.1, 0.15) is 18.1 Å². The van der Waals surface area contributed by atoms with E-state index in [-0.39, 0.29) is 0 Å². The summed E-state index contributed by atoms with van der Waals surface area (Å²) in [7, 11) is 0. The molecular weight excluding hydrogens is 269 g/mol. The first-order valence-electron chi connectivity index (χ1n) is 3.36. The predicted octanol–water partition coefficient (Wildman–Crippen LogP) is 3.50. The summed E-state index contributed by atoms with van der Waals surface area (Å²) < 4.78 is 36.1. The van der Waals surface area contributed by atoms with Gasteiger partial charge in [-0.1, -0.05) is 0 Å². The van der Waals surface area contributed by atoms with Gasteiger partial charge in [0, 0.05) is 15.4 Å². The summed E-state index contributed by atoms with van der Waals surface area (Å²) in [6.07, 6.45) is -7.01. The van der Waals surface area contributed by atoms with Gasteiger partial charge in [0.1, 0.15) is 0 Å². The van der Waals surface area contributed by atoms with Crippen LogP contribution in [0.4, 0.5) is 13.2 Å². The third kappa shape index (κ3) is 3.28. The maximum absolute atomic E-state index is 11.9. The van der Waals surface area contributed by atoms with Crippen LogP contribution in [-0.2, 0) is 0 Å². The van der Waals surface area contributed by atoms with E-state index in [9.17, 15) is 18.3 Å². The molecule has 0 aliphatic rings. The molecule has 6 heteroatoms. The molecule has 1 nitrogen and oxygen atoms in total. The Morgan fingerprint density at radius 1 is 1.46 bits per heavy atom. The van der Waals surface area contributed by atoms with Crippen LogP contribution < -0.4 is 0 Å². The number of aliphatic hydroxyl groups is 1. The molecule has 0 aliphatic heterocycles. The van der Waals surface area contributed by atoms with E-state index in [1.165, 1.54) is 16.7 Å². The molecular formula is C7H6BrF3OS. The summed E-state index contributed by atoms with van der Waals surface area (Å²) in [5, 5.41) is 12.3. The van der Waals surface area contributed by atoms with E-state index < -0.39 is 18.7 Å². The summed E-state index contributed by atoms with van der Waals surface area (Å²) in [6.45, 7) is 0. The quantitative estimate of drug-likeness (QED) is 0.875. The van der Waals surface area contributed by atoms with Gasteiger partial charge in [-0.3, -0.25) is 0 Å². The summed E-state index contributed by atoms with van der Waals surface area (Å²) in [6, 6.07) is 0. The fourth-order valence-electron chi connectivity index (χ4n) is 0.858. The van der Waals surface area contributed by atoms with E-state index in [4.69, 9.17) is 0 Å².